The molecule has 0 N–H and O–H groups in total. The van der Waals surface area contributed by atoms with E-state index in [2.05, 4.69) is 13.8 Å². The van der Waals surface area contributed by atoms with E-state index in [1.165, 1.54) is 32.1 Å². The summed E-state index contributed by atoms with van der Waals surface area (Å²) in [5.41, 5.74) is 0.288. The standard InChI is InChI=1S/C17H28O3/c1-4-19-16(18)15-10-17(15)8-7-12-5-6-13(9-14(12)17)20-11(2)3/h11-15H,4-10H2,1-3H3/t12-,13?,14?,15?,17?/m1/s1. The Balaban J connectivity index is 1.65. The van der Waals surface area contributed by atoms with Crippen LogP contribution in [0.1, 0.15) is 59.3 Å². The molecule has 3 aliphatic rings. The molecule has 0 aromatic heterocycles. The van der Waals surface area contributed by atoms with Crippen molar-refractivity contribution < 1.29 is 14.3 Å². The molecule has 0 bridgehead atoms. The molecule has 3 nitrogen and oxygen atoms in total. The molecule has 0 aliphatic heterocycles. The van der Waals surface area contributed by atoms with Gasteiger partial charge in [0.1, 0.15) is 0 Å². The van der Waals surface area contributed by atoms with Gasteiger partial charge in [0.15, 0.2) is 0 Å². The van der Waals surface area contributed by atoms with Gasteiger partial charge in [0, 0.05) is 0 Å². The Kier molecular flexibility index (Phi) is 3.83. The van der Waals surface area contributed by atoms with Crippen LogP contribution in [-0.2, 0) is 14.3 Å². The number of esters is 1. The normalized spacial score (nSPS) is 42.8. The highest BCUT2D eigenvalue weighted by Crippen LogP contribution is 2.70. The summed E-state index contributed by atoms with van der Waals surface area (Å²) >= 11 is 0. The van der Waals surface area contributed by atoms with Crippen LogP contribution >= 0.6 is 0 Å². The zero-order chi connectivity index (χ0) is 14.3. The molecular formula is C17H28O3. The molecule has 114 valence electrons. The monoisotopic (exact) mass is 280 g/mol. The van der Waals surface area contributed by atoms with Crippen LogP contribution in [0.15, 0.2) is 0 Å². The van der Waals surface area contributed by atoms with Gasteiger partial charge in [0.25, 0.3) is 0 Å². The third-order valence-corrected chi connectivity index (χ3v) is 5.82. The van der Waals surface area contributed by atoms with Crippen LogP contribution in [0.5, 0.6) is 0 Å². The minimum Gasteiger partial charge on any atom is -0.466 e. The van der Waals surface area contributed by atoms with Crippen LogP contribution < -0.4 is 0 Å². The second-order valence-electron chi connectivity index (χ2n) is 7.27. The number of carbonyl (C=O) groups excluding carboxylic acids is 1. The van der Waals surface area contributed by atoms with Gasteiger partial charge in [0.2, 0.25) is 0 Å². The second-order valence-corrected chi connectivity index (χ2v) is 7.27. The molecule has 0 amide bonds. The first kappa shape index (κ1) is 14.4. The summed E-state index contributed by atoms with van der Waals surface area (Å²) in [6, 6.07) is 0. The minimum atomic E-state index is 0.0556. The van der Waals surface area contributed by atoms with E-state index in [9.17, 15) is 4.79 Å². The Hall–Kier alpha value is -0.570. The van der Waals surface area contributed by atoms with Gasteiger partial charge in [-0.15, -0.1) is 0 Å². The summed E-state index contributed by atoms with van der Waals surface area (Å²) in [7, 11) is 0. The highest BCUT2D eigenvalue weighted by Gasteiger charge is 2.67. The predicted molar refractivity (Wildman–Crippen MR) is 77.2 cm³/mol. The third kappa shape index (κ3) is 2.38. The molecule has 1 spiro atoms. The lowest BCUT2D eigenvalue weighted by molar-refractivity contribution is -0.146. The number of ether oxygens (including phenoxy) is 2. The van der Waals surface area contributed by atoms with Gasteiger partial charge >= 0.3 is 5.97 Å². The zero-order valence-corrected chi connectivity index (χ0v) is 13.1. The van der Waals surface area contributed by atoms with Gasteiger partial charge in [-0.25, -0.2) is 0 Å². The Morgan fingerprint density at radius 2 is 2.10 bits per heavy atom. The Bertz CT molecular complexity index is 378. The largest absolute Gasteiger partial charge is 0.466 e. The molecule has 3 heteroatoms. The van der Waals surface area contributed by atoms with E-state index in [0.29, 0.717) is 24.7 Å². The van der Waals surface area contributed by atoms with E-state index >= 15 is 0 Å². The molecule has 20 heavy (non-hydrogen) atoms. The van der Waals surface area contributed by atoms with Gasteiger partial charge in [0.05, 0.1) is 24.7 Å². The lowest BCUT2D eigenvalue weighted by Crippen LogP contribution is -2.33. The van der Waals surface area contributed by atoms with Crippen LogP contribution in [-0.4, -0.2) is 24.8 Å². The van der Waals surface area contributed by atoms with E-state index in [4.69, 9.17) is 9.47 Å². The Morgan fingerprint density at radius 1 is 1.30 bits per heavy atom. The Labute approximate surface area is 122 Å². The number of carbonyl (C=O) groups is 1. The van der Waals surface area contributed by atoms with Crippen LogP contribution in [0.4, 0.5) is 0 Å². The summed E-state index contributed by atoms with van der Waals surface area (Å²) in [5, 5.41) is 0. The molecule has 3 saturated carbocycles. The molecule has 3 rings (SSSR count). The van der Waals surface area contributed by atoms with Crippen molar-refractivity contribution in [3.63, 3.8) is 0 Å². The van der Waals surface area contributed by atoms with Crippen LogP contribution in [0.3, 0.4) is 0 Å². The second kappa shape index (κ2) is 5.32. The lowest BCUT2D eigenvalue weighted by atomic mass is 9.74. The maximum atomic E-state index is 12.0. The van der Waals surface area contributed by atoms with Crippen molar-refractivity contribution >= 4 is 5.97 Å². The fourth-order valence-corrected chi connectivity index (χ4v) is 4.96. The summed E-state index contributed by atoms with van der Waals surface area (Å²) in [5.74, 6) is 1.78. The SMILES string of the molecule is CCOC(=O)C1CC12CC[C@H]1CCC(OC(C)C)CC12. The third-order valence-electron chi connectivity index (χ3n) is 5.82. The van der Waals surface area contributed by atoms with Crippen molar-refractivity contribution in [2.45, 2.75) is 71.5 Å². The van der Waals surface area contributed by atoms with Crippen LogP contribution in [0.2, 0.25) is 0 Å². The minimum absolute atomic E-state index is 0.0556. The zero-order valence-electron chi connectivity index (χ0n) is 13.1. The van der Waals surface area contributed by atoms with Gasteiger partial charge in [-0.3, -0.25) is 4.79 Å². The number of fused-ring (bicyclic) bond motifs is 2. The molecule has 4 unspecified atom stereocenters. The summed E-state index contributed by atoms with van der Waals surface area (Å²) in [6.07, 6.45) is 8.01. The molecular weight excluding hydrogens is 252 g/mol. The number of hydrogen-bond donors (Lipinski definition) is 0. The van der Waals surface area contributed by atoms with E-state index in [1.54, 1.807) is 0 Å². The number of hydrogen-bond acceptors (Lipinski definition) is 3. The number of rotatable bonds is 4. The van der Waals surface area contributed by atoms with Gasteiger partial charge in [-0.2, -0.15) is 0 Å². The lowest BCUT2D eigenvalue weighted by Gasteiger charge is -2.36. The van der Waals surface area contributed by atoms with Crippen LogP contribution in [0.25, 0.3) is 0 Å². The van der Waals surface area contributed by atoms with E-state index in [-0.39, 0.29) is 17.3 Å². The van der Waals surface area contributed by atoms with Crippen molar-refractivity contribution in [3.05, 3.63) is 0 Å². The fourth-order valence-electron chi connectivity index (χ4n) is 4.96. The first-order valence-electron chi connectivity index (χ1n) is 8.39. The molecule has 0 aromatic carbocycles. The first-order valence-corrected chi connectivity index (χ1v) is 8.39. The molecule has 0 saturated heterocycles. The van der Waals surface area contributed by atoms with Gasteiger partial charge in [-0.1, -0.05) is 0 Å². The first-order chi connectivity index (χ1) is 9.56. The topological polar surface area (TPSA) is 35.5 Å². The summed E-state index contributed by atoms with van der Waals surface area (Å²) in [6.45, 7) is 6.65. The quantitative estimate of drug-likeness (QED) is 0.739. The molecule has 3 aliphatic carbocycles. The van der Waals surface area contributed by atoms with E-state index in [1.807, 2.05) is 6.92 Å². The van der Waals surface area contributed by atoms with E-state index in [0.717, 1.165) is 12.3 Å². The van der Waals surface area contributed by atoms with Crippen molar-refractivity contribution in [2.75, 3.05) is 6.61 Å². The average Bonchev–Trinajstić information content (AvgIpc) is 3.02. The predicted octanol–water partition coefficient (Wildman–Crippen LogP) is 3.56. The van der Waals surface area contributed by atoms with Crippen molar-refractivity contribution in [1.82, 2.24) is 0 Å². The summed E-state index contributed by atoms with van der Waals surface area (Å²) in [4.78, 5) is 12.0. The van der Waals surface area contributed by atoms with Crippen molar-refractivity contribution in [3.8, 4) is 0 Å². The van der Waals surface area contributed by atoms with Gasteiger partial charge in [-0.05, 0) is 76.5 Å². The van der Waals surface area contributed by atoms with Crippen molar-refractivity contribution in [1.29, 1.82) is 0 Å². The molecule has 3 fully saturated rings. The summed E-state index contributed by atoms with van der Waals surface area (Å²) < 4.78 is 11.3. The van der Waals surface area contributed by atoms with E-state index < -0.39 is 0 Å². The molecule has 0 radical (unpaired) electrons. The Morgan fingerprint density at radius 3 is 2.80 bits per heavy atom. The smallest absolute Gasteiger partial charge is 0.309 e. The van der Waals surface area contributed by atoms with Crippen LogP contribution in [0, 0.1) is 23.2 Å². The fraction of sp³-hybridized carbons (Fsp3) is 0.941. The van der Waals surface area contributed by atoms with Crippen molar-refractivity contribution in [2.24, 2.45) is 23.2 Å². The molecule has 0 aromatic rings. The average molecular weight is 280 g/mol. The maximum Gasteiger partial charge on any atom is 0.309 e. The maximum absolute atomic E-state index is 12.0. The highest BCUT2D eigenvalue weighted by molar-refractivity contribution is 5.77. The van der Waals surface area contributed by atoms with Gasteiger partial charge < -0.3 is 9.47 Å². The molecule has 0 heterocycles. The highest BCUT2D eigenvalue weighted by atomic mass is 16.5. The molecule has 5 atom stereocenters.